The highest BCUT2D eigenvalue weighted by molar-refractivity contribution is 5.80. The Labute approximate surface area is 121 Å². The Morgan fingerprint density at radius 2 is 2.00 bits per heavy atom. The number of aliphatic hydroxyl groups excluding tert-OH is 1. The molecule has 0 aliphatic rings. The predicted molar refractivity (Wildman–Crippen MR) is 71.9 cm³/mol. The van der Waals surface area contributed by atoms with E-state index in [1.54, 1.807) is 7.11 Å². The summed E-state index contributed by atoms with van der Waals surface area (Å²) in [6, 6.07) is 1.92. The zero-order valence-electron chi connectivity index (χ0n) is 12.0. The number of carbonyl (C=O) groups excluding carboxylic acids is 1. The number of nitrogens with one attached hydrogen (secondary N) is 1. The van der Waals surface area contributed by atoms with Gasteiger partial charge in [-0.05, 0) is 31.0 Å². The maximum atomic E-state index is 13.6. The number of rotatable bonds is 8. The number of hydrogen-bond acceptors (Lipinski definition) is 4. The number of halogens is 2. The topological polar surface area (TPSA) is 67.8 Å². The van der Waals surface area contributed by atoms with Crippen molar-refractivity contribution in [3.8, 4) is 5.75 Å². The van der Waals surface area contributed by atoms with E-state index in [-0.39, 0.29) is 5.56 Å². The minimum atomic E-state index is -1.04. The van der Waals surface area contributed by atoms with Crippen LogP contribution in [0, 0.1) is 11.6 Å². The molecular weight excluding hydrogens is 284 g/mol. The molecule has 0 spiro atoms. The fourth-order valence-corrected chi connectivity index (χ4v) is 1.62. The summed E-state index contributed by atoms with van der Waals surface area (Å²) in [5, 5.41) is 11.4. The molecule has 0 saturated heterocycles. The number of carbonyl (C=O) groups is 1. The van der Waals surface area contributed by atoms with E-state index in [2.05, 4.69) is 5.32 Å². The second-order valence-corrected chi connectivity index (χ2v) is 4.44. The molecule has 0 aliphatic heterocycles. The Hall–Kier alpha value is -1.73. The van der Waals surface area contributed by atoms with E-state index in [4.69, 9.17) is 14.6 Å². The lowest BCUT2D eigenvalue weighted by molar-refractivity contribution is -0.127. The first-order valence-corrected chi connectivity index (χ1v) is 6.51. The Balaban J connectivity index is 2.62. The van der Waals surface area contributed by atoms with E-state index >= 15 is 0 Å². The molecule has 0 heterocycles. The summed E-state index contributed by atoms with van der Waals surface area (Å²) in [7, 11) is 1.55. The average molecular weight is 303 g/mol. The zero-order chi connectivity index (χ0) is 15.8. The van der Waals surface area contributed by atoms with Crippen LogP contribution in [0.25, 0.3) is 0 Å². The highest BCUT2D eigenvalue weighted by Crippen LogP contribution is 2.24. The van der Waals surface area contributed by atoms with Crippen LogP contribution in [0.3, 0.4) is 0 Å². The number of aliphatic hydroxyl groups is 1. The van der Waals surface area contributed by atoms with Gasteiger partial charge >= 0.3 is 0 Å². The van der Waals surface area contributed by atoms with Crippen LogP contribution >= 0.6 is 0 Å². The fourth-order valence-electron chi connectivity index (χ4n) is 1.62. The van der Waals surface area contributed by atoms with Gasteiger partial charge in [0, 0.05) is 20.3 Å². The number of benzene rings is 1. The van der Waals surface area contributed by atoms with Crippen molar-refractivity contribution in [2.45, 2.75) is 26.1 Å². The van der Waals surface area contributed by atoms with Gasteiger partial charge in [0.05, 0.1) is 6.61 Å². The third-order valence-corrected chi connectivity index (χ3v) is 2.73. The van der Waals surface area contributed by atoms with Gasteiger partial charge in [0.2, 0.25) is 0 Å². The van der Waals surface area contributed by atoms with Crippen LogP contribution < -0.4 is 10.1 Å². The van der Waals surface area contributed by atoms with Crippen LogP contribution in [-0.2, 0) is 16.1 Å². The summed E-state index contributed by atoms with van der Waals surface area (Å²) >= 11 is 0. The molecule has 1 atom stereocenters. The van der Waals surface area contributed by atoms with E-state index in [9.17, 15) is 13.6 Å². The Kier molecular flexibility index (Phi) is 7.04. The van der Waals surface area contributed by atoms with Gasteiger partial charge in [0.25, 0.3) is 5.91 Å². The number of ether oxygens (including phenoxy) is 2. The molecular formula is C14H19F2NO4. The molecule has 118 valence electrons. The summed E-state index contributed by atoms with van der Waals surface area (Å²) in [5.41, 5.74) is 0.0917. The Bertz CT molecular complexity index is 459. The molecule has 0 aromatic heterocycles. The third kappa shape index (κ3) is 5.28. The monoisotopic (exact) mass is 303 g/mol. The van der Waals surface area contributed by atoms with Crippen LogP contribution in [0.15, 0.2) is 12.1 Å². The highest BCUT2D eigenvalue weighted by atomic mass is 19.1. The lowest BCUT2D eigenvalue weighted by Gasteiger charge is -2.16. The average Bonchev–Trinajstić information content (AvgIpc) is 2.46. The minimum absolute atomic E-state index is 0.0917. The predicted octanol–water partition coefficient (Wildman–Crippen LogP) is 1.38. The van der Waals surface area contributed by atoms with Gasteiger partial charge in [-0.2, -0.15) is 0 Å². The SMILES string of the molecule is COCCCNC(=O)C(C)Oc1c(F)cc(CO)cc1F. The van der Waals surface area contributed by atoms with E-state index < -0.39 is 36.0 Å². The highest BCUT2D eigenvalue weighted by Gasteiger charge is 2.19. The van der Waals surface area contributed by atoms with Gasteiger partial charge < -0.3 is 19.9 Å². The summed E-state index contributed by atoms with van der Waals surface area (Å²) in [6.07, 6.45) is -0.417. The molecule has 2 N–H and O–H groups in total. The largest absolute Gasteiger partial charge is 0.475 e. The van der Waals surface area contributed by atoms with E-state index in [1.807, 2.05) is 0 Å². The molecule has 21 heavy (non-hydrogen) atoms. The smallest absolute Gasteiger partial charge is 0.260 e. The molecule has 0 saturated carbocycles. The third-order valence-electron chi connectivity index (χ3n) is 2.73. The molecule has 1 aromatic carbocycles. The summed E-state index contributed by atoms with van der Waals surface area (Å²) in [5.74, 6) is -3.03. The van der Waals surface area contributed by atoms with Crippen molar-refractivity contribution in [3.05, 3.63) is 29.3 Å². The van der Waals surface area contributed by atoms with Crippen molar-refractivity contribution >= 4 is 5.91 Å². The van der Waals surface area contributed by atoms with Crippen LogP contribution in [0.1, 0.15) is 18.9 Å². The van der Waals surface area contributed by atoms with Gasteiger partial charge in [0.1, 0.15) is 0 Å². The van der Waals surface area contributed by atoms with Crippen molar-refractivity contribution in [1.29, 1.82) is 0 Å². The molecule has 1 amide bonds. The van der Waals surface area contributed by atoms with Crippen molar-refractivity contribution < 1.29 is 28.2 Å². The number of hydrogen-bond donors (Lipinski definition) is 2. The summed E-state index contributed by atoms with van der Waals surface area (Å²) in [4.78, 5) is 11.7. The van der Waals surface area contributed by atoms with Crippen LogP contribution in [0.4, 0.5) is 8.78 Å². The van der Waals surface area contributed by atoms with Crippen LogP contribution in [-0.4, -0.2) is 37.4 Å². The lowest BCUT2D eigenvalue weighted by atomic mass is 10.2. The molecule has 5 nitrogen and oxygen atoms in total. The second-order valence-electron chi connectivity index (χ2n) is 4.44. The first-order chi connectivity index (χ1) is 9.99. The number of methoxy groups -OCH3 is 1. The van der Waals surface area contributed by atoms with E-state index in [1.165, 1.54) is 6.92 Å². The summed E-state index contributed by atoms with van der Waals surface area (Å²) in [6.45, 7) is 1.80. The van der Waals surface area contributed by atoms with Gasteiger partial charge in [0.15, 0.2) is 23.5 Å². The molecule has 0 fully saturated rings. The molecule has 0 bridgehead atoms. The lowest BCUT2D eigenvalue weighted by Crippen LogP contribution is -2.37. The van der Waals surface area contributed by atoms with Gasteiger partial charge in [-0.15, -0.1) is 0 Å². The van der Waals surface area contributed by atoms with Crippen LogP contribution in [0.5, 0.6) is 5.75 Å². The first-order valence-electron chi connectivity index (χ1n) is 6.51. The summed E-state index contributed by atoms with van der Waals surface area (Å²) < 4.78 is 37.1. The van der Waals surface area contributed by atoms with Crippen molar-refractivity contribution in [2.24, 2.45) is 0 Å². The number of amides is 1. The molecule has 7 heteroatoms. The fraction of sp³-hybridized carbons (Fsp3) is 0.500. The normalized spacial score (nSPS) is 12.0. The minimum Gasteiger partial charge on any atom is -0.475 e. The second kappa shape index (κ2) is 8.53. The molecule has 1 aromatic rings. The van der Waals surface area contributed by atoms with Crippen molar-refractivity contribution in [1.82, 2.24) is 5.32 Å². The zero-order valence-corrected chi connectivity index (χ0v) is 12.0. The van der Waals surface area contributed by atoms with E-state index in [0.717, 1.165) is 12.1 Å². The maximum absolute atomic E-state index is 13.6. The molecule has 0 aliphatic carbocycles. The van der Waals surface area contributed by atoms with Crippen molar-refractivity contribution in [2.75, 3.05) is 20.3 Å². The Morgan fingerprint density at radius 1 is 1.38 bits per heavy atom. The standard InChI is InChI=1S/C14H19F2NO4/c1-9(14(19)17-4-3-5-20-2)21-13-11(15)6-10(8-18)7-12(13)16/h6-7,9,18H,3-5,8H2,1-2H3,(H,17,19). The maximum Gasteiger partial charge on any atom is 0.260 e. The molecule has 0 radical (unpaired) electrons. The van der Waals surface area contributed by atoms with E-state index in [0.29, 0.717) is 19.6 Å². The van der Waals surface area contributed by atoms with Gasteiger partial charge in [-0.1, -0.05) is 0 Å². The van der Waals surface area contributed by atoms with Gasteiger partial charge in [-0.25, -0.2) is 8.78 Å². The van der Waals surface area contributed by atoms with Crippen molar-refractivity contribution in [3.63, 3.8) is 0 Å². The molecule has 1 unspecified atom stereocenters. The quantitative estimate of drug-likeness (QED) is 0.712. The Morgan fingerprint density at radius 3 is 2.52 bits per heavy atom. The van der Waals surface area contributed by atoms with Crippen LogP contribution in [0.2, 0.25) is 0 Å². The van der Waals surface area contributed by atoms with Gasteiger partial charge in [-0.3, -0.25) is 4.79 Å². The molecule has 1 rings (SSSR count). The first kappa shape index (κ1) is 17.3.